The van der Waals surface area contributed by atoms with Gasteiger partial charge in [-0.2, -0.15) is 5.10 Å². The first-order valence-corrected chi connectivity index (χ1v) is 11.0. The van der Waals surface area contributed by atoms with Crippen molar-refractivity contribution in [3.8, 4) is 11.1 Å². The van der Waals surface area contributed by atoms with Crippen molar-refractivity contribution in [1.29, 1.82) is 0 Å². The number of carbonyl (C=O) groups is 1. The third kappa shape index (κ3) is 4.14. The molecule has 0 unspecified atom stereocenters. The van der Waals surface area contributed by atoms with Crippen LogP contribution in [0.2, 0.25) is 10.0 Å². The van der Waals surface area contributed by atoms with Crippen LogP contribution in [0.5, 0.6) is 0 Å². The van der Waals surface area contributed by atoms with E-state index >= 15 is 0 Å². The third-order valence-electron chi connectivity index (χ3n) is 5.40. The van der Waals surface area contributed by atoms with Gasteiger partial charge in [-0.1, -0.05) is 35.3 Å². The number of nitrogens with one attached hydrogen (secondary N) is 2. The first kappa shape index (κ1) is 20.8. The number of amides is 1. The molecule has 0 aliphatic carbocycles. The summed E-state index contributed by atoms with van der Waals surface area (Å²) in [5.41, 5.74) is 4.12. The van der Waals surface area contributed by atoms with E-state index in [0.717, 1.165) is 43.0 Å². The van der Waals surface area contributed by atoms with E-state index in [9.17, 15) is 4.79 Å². The number of hydrogen-bond acceptors (Lipinski definition) is 5. The van der Waals surface area contributed by atoms with Gasteiger partial charge in [0.1, 0.15) is 5.69 Å². The van der Waals surface area contributed by atoms with Gasteiger partial charge < -0.3 is 15.5 Å². The standard InChI is InChI=1S/C23H20Cl2N6O/c24-16-3-1-2-15(12-16)18-14-27-31-9-6-20(29-22(18)31)23(32)28-17-4-5-21(19(25)13-17)30-10-7-26-8-11-30/h1-6,9,12-14,26H,7-8,10-11H2,(H,28,32). The molecule has 7 nitrogen and oxygen atoms in total. The van der Waals surface area contributed by atoms with E-state index in [4.69, 9.17) is 23.2 Å². The van der Waals surface area contributed by atoms with Gasteiger partial charge in [-0.05, 0) is 42.0 Å². The van der Waals surface area contributed by atoms with E-state index in [1.807, 2.05) is 36.4 Å². The zero-order chi connectivity index (χ0) is 22.1. The van der Waals surface area contributed by atoms with Crippen molar-refractivity contribution in [2.75, 3.05) is 36.4 Å². The Morgan fingerprint density at radius 3 is 2.69 bits per heavy atom. The third-order valence-corrected chi connectivity index (χ3v) is 5.94. The Bertz CT molecular complexity index is 1300. The predicted molar refractivity (Wildman–Crippen MR) is 128 cm³/mol. The summed E-state index contributed by atoms with van der Waals surface area (Å²) in [6.45, 7) is 3.65. The average molecular weight is 467 g/mol. The fourth-order valence-electron chi connectivity index (χ4n) is 3.80. The smallest absolute Gasteiger partial charge is 0.274 e. The lowest BCUT2D eigenvalue weighted by molar-refractivity contribution is 0.102. The molecule has 1 fully saturated rings. The van der Waals surface area contributed by atoms with Crippen molar-refractivity contribution in [3.63, 3.8) is 0 Å². The molecule has 32 heavy (non-hydrogen) atoms. The molecular formula is C23H20Cl2N6O. The summed E-state index contributed by atoms with van der Waals surface area (Å²) in [7, 11) is 0. The Hall–Kier alpha value is -3.13. The lowest BCUT2D eigenvalue weighted by Crippen LogP contribution is -2.43. The number of carbonyl (C=O) groups excluding carboxylic acids is 1. The van der Waals surface area contributed by atoms with Gasteiger partial charge in [0.15, 0.2) is 5.65 Å². The second-order valence-electron chi connectivity index (χ2n) is 7.51. The zero-order valence-electron chi connectivity index (χ0n) is 17.1. The van der Waals surface area contributed by atoms with Crippen LogP contribution in [-0.4, -0.2) is 46.7 Å². The SMILES string of the molecule is O=C(Nc1ccc(N2CCNCC2)c(Cl)c1)c1ccn2ncc(-c3cccc(Cl)c3)c2n1. The maximum atomic E-state index is 12.9. The van der Waals surface area contributed by atoms with E-state index in [1.54, 1.807) is 29.0 Å². The van der Waals surface area contributed by atoms with Crippen molar-refractivity contribution >= 4 is 46.1 Å². The maximum Gasteiger partial charge on any atom is 0.274 e. The molecule has 0 saturated carbocycles. The van der Waals surface area contributed by atoms with Crippen molar-refractivity contribution in [3.05, 3.63) is 76.7 Å². The first-order chi connectivity index (χ1) is 15.6. The Morgan fingerprint density at radius 2 is 1.91 bits per heavy atom. The van der Waals surface area contributed by atoms with Crippen LogP contribution in [0.1, 0.15) is 10.5 Å². The van der Waals surface area contributed by atoms with E-state index in [1.165, 1.54) is 0 Å². The molecule has 1 aliphatic heterocycles. The lowest BCUT2D eigenvalue weighted by atomic mass is 10.1. The van der Waals surface area contributed by atoms with Gasteiger partial charge in [-0.15, -0.1) is 0 Å². The second kappa shape index (κ2) is 8.78. The number of hydrogen-bond donors (Lipinski definition) is 2. The molecule has 4 aromatic rings. The van der Waals surface area contributed by atoms with Gasteiger partial charge in [0.05, 0.1) is 16.9 Å². The summed E-state index contributed by atoms with van der Waals surface area (Å²) in [6, 6.07) is 14.6. The van der Waals surface area contributed by atoms with Crippen LogP contribution in [0.4, 0.5) is 11.4 Å². The van der Waals surface area contributed by atoms with Gasteiger partial charge in [-0.3, -0.25) is 4.79 Å². The van der Waals surface area contributed by atoms with Gasteiger partial charge in [0, 0.05) is 48.6 Å². The predicted octanol–water partition coefficient (Wildman–Crippen LogP) is 4.37. The van der Waals surface area contributed by atoms with Crippen molar-refractivity contribution in [1.82, 2.24) is 19.9 Å². The fraction of sp³-hybridized carbons (Fsp3) is 0.174. The number of piperazine rings is 1. The highest BCUT2D eigenvalue weighted by molar-refractivity contribution is 6.33. The first-order valence-electron chi connectivity index (χ1n) is 10.3. The highest BCUT2D eigenvalue weighted by Gasteiger charge is 2.16. The van der Waals surface area contributed by atoms with Crippen LogP contribution < -0.4 is 15.5 Å². The molecule has 0 spiro atoms. The summed E-state index contributed by atoms with van der Waals surface area (Å²) in [5.74, 6) is -0.322. The Labute approximate surface area is 195 Å². The minimum Gasteiger partial charge on any atom is -0.368 e. The number of rotatable bonds is 4. The second-order valence-corrected chi connectivity index (χ2v) is 8.35. The normalized spacial score (nSPS) is 14.0. The van der Waals surface area contributed by atoms with Crippen molar-refractivity contribution in [2.24, 2.45) is 0 Å². The van der Waals surface area contributed by atoms with Crippen LogP contribution in [-0.2, 0) is 0 Å². The van der Waals surface area contributed by atoms with Crippen LogP contribution in [0.25, 0.3) is 16.8 Å². The molecule has 9 heteroatoms. The minimum absolute atomic E-state index is 0.281. The molecule has 1 saturated heterocycles. The van der Waals surface area contributed by atoms with Gasteiger partial charge in [-0.25, -0.2) is 9.50 Å². The molecule has 1 aliphatic rings. The highest BCUT2D eigenvalue weighted by atomic mass is 35.5. The largest absolute Gasteiger partial charge is 0.368 e. The number of fused-ring (bicyclic) bond motifs is 1. The lowest BCUT2D eigenvalue weighted by Gasteiger charge is -2.30. The van der Waals surface area contributed by atoms with Crippen LogP contribution >= 0.6 is 23.2 Å². The van der Waals surface area contributed by atoms with E-state index in [0.29, 0.717) is 21.4 Å². The van der Waals surface area contributed by atoms with Crippen LogP contribution in [0.15, 0.2) is 60.9 Å². The Balaban J connectivity index is 1.39. The Morgan fingerprint density at radius 1 is 1.06 bits per heavy atom. The summed E-state index contributed by atoms with van der Waals surface area (Å²) >= 11 is 12.6. The number of anilines is 2. The van der Waals surface area contributed by atoms with Crippen LogP contribution in [0.3, 0.4) is 0 Å². The molecule has 2 aromatic carbocycles. The van der Waals surface area contributed by atoms with Crippen molar-refractivity contribution in [2.45, 2.75) is 0 Å². The minimum atomic E-state index is -0.322. The molecule has 2 N–H and O–H groups in total. The summed E-state index contributed by atoms with van der Waals surface area (Å²) in [6.07, 6.45) is 3.43. The molecule has 0 bridgehead atoms. The molecule has 3 heterocycles. The number of benzene rings is 2. The number of halogens is 2. The van der Waals surface area contributed by atoms with Gasteiger partial charge in [0.25, 0.3) is 5.91 Å². The summed E-state index contributed by atoms with van der Waals surface area (Å²) < 4.78 is 1.63. The topological polar surface area (TPSA) is 74.6 Å². The molecule has 0 atom stereocenters. The summed E-state index contributed by atoms with van der Waals surface area (Å²) in [5, 5.41) is 11.8. The monoisotopic (exact) mass is 466 g/mol. The van der Waals surface area contributed by atoms with Crippen molar-refractivity contribution < 1.29 is 4.79 Å². The molecular weight excluding hydrogens is 447 g/mol. The molecule has 0 radical (unpaired) electrons. The van der Waals surface area contributed by atoms with Gasteiger partial charge in [0.2, 0.25) is 0 Å². The van der Waals surface area contributed by atoms with E-state index in [2.05, 4.69) is 25.6 Å². The average Bonchev–Trinajstić information content (AvgIpc) is 3.23. The van der Waals surface area contributed by atoms with E-state index < -0.39 is 0 Å². The number of nitrogens with zero attached hydrogens (tertiary/aromatic N) is 4. The Kier molecular flexibility index (Phi) is 5.70. The van der Waals surface area contributed by atoms with Gasteiger partial charge >= 0.3 is 0 Å². The maximum absolute atomic E-state index is 12.9. The molecule has 5 rings (SSSR count). The molecule has 1 amide bonds. The van der Waals surface area contributed by atoms with Crippen LogP contribution in [0, 0.1) is 0 Å². The zero-order valence-corrected chi connectivity index (χ0v) is 18.6. The van der Waals surface area contributed by atoms with E-state index in [-0.39, 0.29) is 11.6 Å². The number of aromatic nitrogens is 3. The highest BCUT2D eigenvalue weighted by Crippen LogP contribution is 2.30. The summed E-state index contributed by atoms with van der Waals surface area (Å²) in [4.78, 5) is 19.7. The fourth-order valence-corrected chi connectivity index (χ4v) is 4.29. The molecule has 2 aromatic heterocycles. The quantitative estimate of drug-likeness (QED) is 0.467. The molecule has 162 valence electrons.